The molecule has 2 N–H and O–H groups in total. The van der Waals surface area contributed by atoms with E-state index >= 15 is 0 Å². The predicted molar refractivity (Wildman–Crippen MR) is 66.3 cm³/mol. The molecule has 3 nitrogen and oxygen atoms in total. The van der Waals surface area contributed by atoms with Gasteiger partial charge in [0, 0.05) is 0 Å². The van der Waals surface area contributed by atoms with Gasteiger partial charge in [-0.15, -0.1) is 0 Å². The van der Waals surface area contributed by atoms with Gasteiger partial charge in [0.2, 0.25) is 0 Å². The van der Waals surface area contributed by atoms with Gasteiger partial charge in [-0.1, -0.05) is 17.7 Å². The Morgan fingerprint density at radius 1 is 1.38 bits per heavy atom. The van der Waals surface area contributed by atoms with Crippen LogP contribution in [0.2, 0.25) is 5.02 Å². The third-order valence-electron chi connectivity index (χ3n) is 2.40. The van der Waals surface area contributed by atoms with Crippen LogP contribution in [-0.4, -0.2) is 16.6 Å². The molecule has 0 aromatic heterocycles. The zero-order valence-corrected chi connectivity index (χ0v) is 10.6. The van der Waals surface area contributed by atoms with E-state index in [1.54, 1.807) is 13.8 Å². The molecule has 16 heavy (non-hydrogen) atoms. The predicted octanol–water partition coefficient (Wildman–Crippen LogP) is 3.23. The van der Waals surface area contributed by atoms with Gasteiger partial charge in [-0.3, -0.25) is 0 Å². The Labute approximate surface area is 100 Å². The number of nitrogens with one attached hydrogen (secondary N) is 1. The number of hydrogen-bond donors (Lipinski definition) is 2. The van der Waals surface area contributed by atoms with Crippen LogP contribution < -0.4 is 5.32 Å². The minimum absolute atomic E-state index is 0.548. The number of aryl methyl sites for hydroxylation is 2. The fraction of sp³-hybridized carbons (Fsp3) is 0.417. The first-order chi connectivity index (χ1) is 7.24. The number of carbonyl (C=O) groups is 1. The summed E-state index contributed by atoms with van der Waals surface area (Å²) in [6.07, 6.45) is 0. The van der Waals surface area contributed by atoms with Gasteiger partial charge >= 0.3 is 5.97 Å². The van der Waals surface area contributed by atoms with E-state index in [0.29, 0.717) is 10.7 Å². The summed E-state index contributed by atoms with van der Waals surface area (Å²) < 4.78 is 0. The number of hydrogen-bond acceptors (Lipinski definition) is 2. The maximum Gasteiger partial charge on any atom is 0.328 e. The average molecular weight is 242 g/mol. The Morgan fingerprint density at radius 2 is 1.94 bits per heavy atom. The number of aliphatic carboxylic acids is 1. The van der Waals surface area contributed by atoms with Crippen molar-refractivity contribution in [2.45, 2.75) is 33.2 Å². The molecule has 0 radical (unpaired) electrons. The maximum absolute atomic E-state index is 11.0. The summed E-state index contributed by atoms with van der Waals surface area (Å²) in [5.74, 6) is -0.913. The molecule has 0 saturated heterocycles. The van der Waals surface area contributed by atoms with Crippen molar-refractivity contribution < 1.29 is 9.90 Å². The Hall–Kier alpha value is -1.22. The van der Waals surface area contributed by atoms with Gasteiger partial charge in [0.15, 0.2) is 0 Å². The smallest absolute Gasteiger partial charge is 0.328 e. The Balaban J connectivity index is 3.11. The lowest BCUT2D eigenvalue weighted by molar-refractivity contribution is -0.141. The number of halogens is 1. The molecule has 0 aliphatic rings. The molecular weight excluding hydrogens is 226 g/mol. The van der Waals surface area contributed by atoms with Gasteiger partial charge in [-0.25, -0.2) is 4.79 Å². The second-order valence-corrected chi connectivity index (χ2v) is 4.90. The normalized spacial score (nSPS) is 11.3. The minimum Gasteiger partial charge on any atom is -0.480 e. The molecule has 0 unspecified atom stereocenters. The van der Waals surface area contributed by atoms with Crippen LogP contribution in [-0.2, 0) is 4.79 Å². The summed E-state index contributed by atoms with van der Waals surface area (Å²) >= 11 is 6.09. The molecule has 4 heteroatoms. The third-order valence-corrected chi connectivity index (χ3v) is 2.70. The molecule has 0 heterocycles. The number of anilines is 1. The van der Waals surface area contributed by atoms with Crippen molar-refractivity contribution in [3.05, 3.63) is 28.3 Å². The topological polar surface area (TPSA) is 49.3 Å². The lowest BCUT2D eigenvalue weighted by Gasteiger charge is -2.24. The average Bonchev–Trinajstić information content (AvgIpc) is 2.11. The van der Waals surface area contributed by atoms with E-state index in [1.807, 2.05) is 26.0 Å². The van der Waals surface area contributed by atoms with E-state index in [9.17, 15) is 4.79 Å². The number of rotatable bonds is 3. The van der Waals surface area contributed by atoms with Gasteiger partial charge in [0.05, 0.1) is 10.7 Å². The molecule has 0 aliphatic heterocycles. The van der Waals surface area contributed by atoms with Crippen molar-refractivity contribution in [1.29, 1.82) is 0 Å². The summed E-state index contributed by atoms with van der Waals surface area (Å²) in [6, 6.07) is 3.78. The lowest BCUT2D eigenvalue weighted by Crippen LogP contribution is -2.40. The first kappa shape index (κ1) is 12.8. The number of carboxylic acids is 1. The van der Waals surface area contributed by atoms with Crippen molar-refractivity contribution in [2.75, 3.05) is 5.32 Å². The van der Waals surface area contributed by atoms with Crippen LogP contribution in [0.5, 0.6) is 0 Å². The molecule has 0 aliphatic carbocycles. The largest absolute Gasteiger partial charge is 0.480 e. The maximum atomic E-state index is 11.0. The molecule has 1 aromatic rings. The summed E-state index contributed by atoms with van der Waals surface area (Å²) in [4.78, 5) is 11.0. The standard InChI is InChI=1S/C12H16ClNO2/c1-7-5-8(2)10(9(13)6-7)14-12(3,4)11(15)16/h5-6,14H,1-4H3,(H,15,16). The van der Waals surface area contributed by atoms with E-state index < -0.39 is 11.5 Å². The number of benzene rings is 1. The molecule has 1 rings (SSSR count). The molecule has 0 fully saturated rings. The summed E-state index contributed by atoms with van der Waals surface area (Å²) in [5, 5.41) is 12.5. The molecule has 0 atom stereocenters. The van der Waals surface area contributed by atoms with E-state index in [0.717, 1.165) is 11.1 Å². The molecule has 0 spiro atoms. The van der Waals surface area contributed by atoms with Crippen LogP contribution in [0.25, 0.3) is 0 Å². The van der Waals surface area contributed by atoms with Crippen LogP contribution in [0.3, 0.4) is 0 Å². The van der Waals surface area contributed by atoms with Crippen molar-refractivity contribution in [3.8, 4) is 0 Å². The van der Waals surface area contributed by atoms with E-state index in [-0.39, 0.29) is 0 Å². The number of carboxylic acid groups (broad SMARTS) is 1. The second kappa shape index (κ2) is 4.34. The van der Waals surface area contributed by atoms with Crippen molar-refractivity contribution >= 4 is 23.3 Å². The molecule has 1 aromatic carbocycles. The highest BCUT2D eigenvalue weighted by Gasteiger charge is 2.27. The molecule has 0 saturated carbocycles. The van der Waals surface area contributed by atoms with E-state index in [4.69, 9.17) is 16.7 Å². The molecule has 88 valence electrons. The quantitative estimate of drug-likeness (QED) is 0.854. The summed E-state index contributed by atoms with van der Waals surface area (Å²) in [7, 11) is 0. The fourth-order valence-electron chi connectivity index (χ4n) is 1.44. The molecule has 0 bridgehead atoms. The summed E-state index contributed by atoms with van der Waals surface area (Å²) in [6.45, 7) is 7.06. The van der Waals surface area contributed by atoms with Crippen LogP contribution in [0, 0.1) is 13.8 Å². The highest BCUT2D eigenvalue weighted by Crippen LogP contribution is 2.29. The van der Waals surface area contributed by atoms with Crippen molar-refractivity contribution in [3.63, 3.8) is 0 Å². The monoisotopic (exact) mass is 241 g/mol. The van der Waals surface area contributed by atoms with Gasteiger partial charge < -0.3 is 10.4 Å². The van der Waals surface area contributed by atoms with Crippen LogP contribution in [0.1, 0.15) is 25.0 Å². The van der Waals surface area contributed by atoms with Gasteiger partial charge in [-0.2, -0.15) is 0 Å². The lowest BCUT2D eigenvalue weighted by atomic mass is 10.0. The zero-order valence-electron chi connectivity index (χ0n) is 9.89. The first-order valence-electron chi connectivity index (χ1n) is 5.02. The Kier molecular flexibility index (Phi) is 3.48. The molecule has 0 amide bonds. The van der Waals surface area contributed by atoms with Gasteiger partial charge in [0.1, 0.15) is 5.54 Å². The van der Waals surface area contributed by atoms with Crippen molar-refractivity contribution in [1.82, 2.24) is 0 Å². The Morgan fingerprint density at radius 3 is 2.38 bits per heavy atom. The molecular formula is C12H16ClNO2. The Bertz CT molecular complexity index is 404. The van der Waals surface area contributed by atoms with Crippen LogP contribution >= 0.6 is 11.6 Å². The highest BCUT2D eigenvalue weighted by molar-refractivity contribution is 6.33. The zero-order chi connectivity index (χ0) is 12.5. The van der Waals surface area contributed by atoms with Gasteiger partial charge in [0.25, 0.3) is 0 Å². The second-order valence-electron chi connectivity index (χ2n) is 4.49. The summed E-state index contributed by atoms with van der Waals surface area (Å²) in [5.41, 5.74) is 1.64. The van der Waals surface area contributed by atoms with Crippen LogP contribution in [0.15, 0.2) is 12.1 Å². The minimum atomic E-state index is -1.04. The third kappa shape index (κ3) is 2.67. The van der Waals surface area contributed by atoms with Crippen molar-refractivity contribution in [2.24, 2.45) is 0 Å². The first-order valence-corrected chi connectivity index (χ1v) is 5.40. The van der Waals surface area contributed by atoms with Gasteiger partial charge in [-0.05, 0) is 44.9 Å². The SMILES string of the molecule is Cc1cc(C)c(NC(C)(C)C(=O)O)c(Cl)c1. The fourth-order valence-corrected chi connectivity index (χ4v) is 1.81. The highest BCUT2D eigenvalue weighted by atomic mass is 35.5. The van der Waals surface area contributed by atoms with E-state index in [1.165, 1.54) is 0 Å². The van der Waals surface area contributed by atoms with E-state index in [2.05, 4.69) is 5.32 Å². The van der Waals surface area contributed by atoms with Crippen LogP contribution in [0.4, 0.5) is 5.69 Å².